The van der Waals surface area contributed by atoms with Crippen molar-refractivity contribution >= 4 is 14.4 Å². The molecule has 1 aromatic heterocycles. The lowest BCUT2D eigenvalue weighted by Gasteiger charge is -2.40. The van der Waals surface area contributed by atoms with Crippen LogP contribution in [0, 0.1) is 0 Å². The topological polar surface area (TPSA) is 90.2 Å². The fraction of sp³-hybridized carbons (Fsp3) is 0.600. The second kappa shape index (κ2) is 12.3. The third kappa shape index (κ3) is 8.94. The summed E-state index contributed by atoms with van der Waals surface area (Å²) in [5, 5.41) is 13.0. The Morgan fingerprint density at radius 3 is 2.10 bits per heavy atom. The summed E-state index contributed by atoms with van der Waals surface area (Å²) in [7, 11) is -2.06. The first-order chi connectivity index (χ1) is 17.7. The number of benzene rings is 1. The number of aliphatic hydroxyl groups excluding tert-OH is 1. The van der Waals surface area contributed by atoms with Crippen molar-refractivity contribution < 1.29 is 23.8 Å². The number of ether oxygens (including phenoxy) is 2. The first-order valence-electron chi connectivity index (χ1n) is 13.5. The molecule has 0 saturated carbocycles. The molecular weight excluding hydrogens is 512 g/mol. The van der Waals surface area contributed by atoms with Crippen LogP contribution in [0.1, 0.15) is 86.1 Å². The molecule has 1 aromatic carbocycles. The molecule has 2 rings (SSSR count). The van der Waals surface area contributed by atoms with E-state index in [0.29, 0.717) is 6.61 Å². The van der Waals surface area contributed by atoms with E-state index < -0.39 is 31.7 Å². The Bertz CT molecular complexity index is 1160. The number of carbonyl (C=O) groups is 1. The fourth-order valence-electron chi connectivity index (χ4n) is 3.65. The number of pyridine rings is 1. The minimum Gasteiger partial charge on any atom is -0.483 e. The van der Waals surface area contributed by atoms with Gasteiger partial charge in [0.2, 0.25) is 5.43 Å². The van der Waals surface area contributed by atoms with E-state index in [1.54, 1.807) is 20.8 Å². The highest BCUT2D eigenvalue weighted by atomic mass is 28.4. The number of hydrogen-bond acceptors (Lipinski definition) is 6. The SMILES string of the molecule is CC(C)(C)OC(=O)N(n1ccc(=O)c(OCc2ccccc2)c1C(O)CCO[Si](C)(C)C(C)(C)C)C(C)(C)C. The van der Waals surface area contributed by atoms with Gasteiger partial charge in [-0.1, -0.05) is 51.1 Å². The van der Waals surface area contributed by atoms with Crippen LogP contribution in [0.15, 0.2) is 47.4 Å². The predicted molar refractivity (Wildman–Crippen MR) is 158 cm³/mol. The average Bonchev–Trinajstić information content (AvgIpc) is 2.76. The van der Waals surface area contributed by atoms with Crippen LogP contribution >= 0.6 is 0 Å². The zero-order valence-corrected chi connectivity index (χ0v) is 26.6. The number of aromatic nitrogens is 1. The van der Waals surface area contributed by atoms with Crippen LogP contribution < -0.4 is 15.2 Å². The average molecular weight is 561 g/mol. The van der Waals surface area contributed by atoms with Crippen molar-refractivity contribution in [2.75, 3.05) is 11.6 Å². The zero-order chi connectivity index (χ0) is 29.8. The van der Waals surface area contributed by atoms with Gasteiger partial charge < -0.3 is 19.0 Å². The van der Waals surface area contributed by atoms with Crippen LogP contribution in [0.4, 0.5) is 4.79 Å². The van der Waals surface area contributed by atoms with Crippen molar-refractivity contribution in [2.45, 2.75) is 111 Å². The maximum Gasteiger partial charge on any atom is 0.430 e. The van der Waals surface area contributed by atoms with Crippen LogP contribution in [0.2, 0.25) is 18.1 Å². The van der Waals surface area contributed by atoms with E-state index >= 15 is 0 Å². The molecule has 0 fully saturated rings. The van der Waals surface area contributed by atoms with Crippen LogP contribution in [0.3, 0.4) is 0 Å². The summed E-state index contributed by atoms with van der Waals surface area (Å²) in [6, 6.07) is 10.8. The van der Waals surface area contributed by atoms with Gasteiger partial charge in [0.15, 0.2) is 14.1 Å². The lowest BCUT2D eigenvalue weighted by atomic mass is 10.1. The van der Waals surface area contributed by atoms with Gasteiger partial charge in [0.1, 0.15) is 24.0 Å². The van der Waals surface area contributed by atoms with Gasteiger partial charge >= 0.3 is 6.09 Å². The van der Waals surface area contributed by atoms with E-state index in [-0.39, 0.29) is 34.9 Å². The van der Waals surface area contributed by atoms with Gasteiger partial charge in [-0.25, -0.2) is 9.80 Å². The van der Waals surface area contributed by atoms with E-state index in [2.05, 4.69) is 33.9 Å². The summed E-state index contributed by atoms with van der Waals surface area (Å²) in [4.78, 5) is 26.6. The first kappa shape index (κ1) is 32.6. The van der Waals surface area contributed by atoms with Crippen molar-refractivity contribution in [1.29, 1.82) is 0 Å². The molecule has 218 valence electrons. The Balaban J connectivity index is 2.59. The monoisotopic (exact) mass is 560 g/mol. The smallest absolute Gasteiger partial charge is 0.430 e. The summed E-state index contributed by atoms with van der Waals surface area (Å²) >= 11 is 0. The predicted octanol–water partition coefficient (Wildman–Crippen LogP) is 6.54. The van der Waals surface area contributed by atoms with E-state index in [0.717, 1.165) is 5.56 Å². The summed E-state index contributed by atoms with van der Waals surface area (Å²) in [5.41, 5.74) is -0.853. The number of hydrogen-bond donors (Lipinski definition) is 1. The maximum atomic E-state index is 13.5. The normalized spacial score (nSPS) is 13.6. The highest BCUT2D eigenvalue weighted by molar-refractivity contribution is 6.74. The third-order valence-corrected chi connectivity index (χ3v) is 11.2. The molecule has 8 nitrogen and oxygen atoms in total. The van der Waals surface area contributed by atoms with Gasteiger partial charge in [0.25, 0.3) is 0 Å². The van der Waals surface area contributed by atoms with E-state index in [4.69, 9.17) is 13.9 Å². The van der Waals surface area contributed by atoms with E-state index in [9.17, 15) is 14.7 Å². The third-order valence-electron chi connectivity index (χ3n) is 6.69. The molecule has 1 atom stereocenters. The van der Waals surface area contributed by atoms with Crippen molar-refractivity contribution in [3.05, 3.63) is 64.1 Å². The van der Waals surface area contributed by atoms with E-state index in [1.807, 2.05) is 51.1 Å². The lowest BCUT2D eigenvalue weighted by molar-refractivity contribution is 0.0480. The number of amides is 1. The lowest BCUT2D eigenvalue weighted by Crippen LogP contribution is -2.55. The quantitative estimate of drug-likeness (QED) is 0.350. The van der Waals surface area contributed by atoms with Gasteiger partial charge in [-0.3, -0.25) is 9.47 Å². The molecule has 0 radical (unpaired) electrons. The second-order valence-electron chi connectivity index (χ2n) is 13.4. The molecule has 1 heterocycles. The van der Waals surface area contributed by atoms with Crippen molar-refractivity contribution in [3.8, 4) is 5.75 Å². The van der Waals surface area contributed by atoms with Crippen LogP contribution in [-0.4, -0.2) is 41.9 Å². The standard InChI is InChI=1S/C30H48N2O6Si/c1-28(2,3)32(27(35)38-29(4,5)6)31-19-17-24(34)26(36-21-22-15-13-12-14-16-22)25(31)23(33)18-20-37-39(10,11)30(7,8)9/h12-17,19,23,33H,18,20-21H2,1-11H3. The van der Waals surface area contributed by atoms with Gasteiger partial charge in [-0.15, -0.1) is 0 Å². The molecule has 1 N–H and O–H groups in total. The Morgan fingerprint density at radius 2 is 1.59 bits per heavy atom. The number of carbonyl (C=O) groups excluding carboxylic acids is 1. The highest BCUT2D eigenvalue weighted by Gasteiger charge is 2.38. The van der Waals surface area contributed by atoms with Gasteiger partial charge in [0, 0.05) is 25.3 Å². The summed E-state index contributed by atoms with van der Waals surface area (Å²) in [5.74, 6) is -0.0148. The van der Waals surface area contributed by atoms with E-state index in [1.165, 1.54) is 21.9 Å². The van der Waals surface area contributed by atoms with Gasteiger partial charge in [-0.05, 0) is 65.2 Å². The second-order valence-corrected chi connectivity index (χ2v) is 18.2. The highest BCUT2D eigenvalue weighted by Crippen LogP contribution is 2.37. The molecule has 0 saturated heterocycles. The Labute approximate surface area is 235 Å². The molecule has 1 amide bonds. The molecule has 0 aliphatic carbocycles. The molecule has 2 aromatic rings. The first-order valence-corrected chi connectivity index (χ1v) is 16.4. The number of aliphatic hydroxyl groups is 1. The van der Waals surface area contributed by atoms with Crippen LogP contribution in [-0.2, 0) is 15.8 Å². The van der Waals surface area contributed by atoms with Crippen molar-refractivity contribution in [1.82, 2.24) is 4.68 Å². The Kier molecular flexibility index (Phi) is 10.3. The summed E-state index contributed by atoms with van der Waals surface area (Å²) < 4.78 is 19.6. The Morgan fingerprint density at radius 1 is 1.00 bits per heavy atom. The maximum absolute atomic E-state index is 13.5. The van der Waals surface area contributed by atoms with Crippen molar-refractivity contribution in [2.24, 2.45) is 0 Å². The fourth-order valence-corrected chi connectivity index (χ4v) is 4.71. The van der Waals surface area contributed by atoms with Crippen molar-refractivity contribution in [3.63, 3.8) is 0 Å². The molecule has 9 heteroatoms. The van der Waals surface area contributed by atoms with Gasteiger partial charge in [-0.2, -0.15) is 0 Å². The Hall–Kier alpha value is -2.62. The van der Waals surface area contributed by atoms with Crippen LogP contribution in [0.25, 0.3) is 0 Å². The summed E-state index contributed by atoms with van der Waals surface area (Å²) in [6.45, 7) is 22.1. The molecular formula is C30H48N2O6Si. The zero-order valence-electron chi connectivity index (χ0n) is 25.6. The molecule has 1 unspecified atom stereocenters. The van der Waals surface area contributed by atoms with Gasteiger partial charge in [0.05, 0.1) is 5.54 Å². The minimum absolute atomic E-state index is 0.0104. The summed E-state index contributed by atoms with van der Waals surface area (Å²) in [6.07, 6.45) is -0.0650. The molecule has 0 aliphatic rings. The molecule has 0 bridgehead atoms. The van der Waals surface area contributed by atoms with Crippen LogP contribution in [0.5, 0.6) is 5.75 Å². The number of rotatable bonds is 9. The minimum atomic E-state index is -2.06. The molecule has 39 heavy (non-hydrogen) atoms. The molecule has 0 spiro atoms. The molecule has 0 aliphatic heterocycles. The number of nitrogens with zero attached hydrogens (tertiary/aromatic N) is 2. The largest absolute Gasteiger partial charge is 0.483 e.